The van der Waals surface area contributed by atoms with Gasteiger partial charge < -0.3 is 4.74 Å². The monoisotopic (exact) mass is 230 g/mol. The number of hydrogen-bond acceptors (Lipinski definition) is 3. The van der Waals surface area contributed by atoms with Gasteiger partial charge in [-0.2, -0.15) is 0 Å². The fraction of sp³-hybridized carbons (Fsp3) is 0.250. The minimum atomic E-state index is 0.588. The molecule has 1 aromatic carbocycles. The van der Waals surface area contributed by atoms with Crippen LogP contribution in [-0.2, 0) is 6.54 Å². The second-order valence-electron chi connectivity index (χ2n) is 2.30. The van der Waals surface area contributed by atoms with Gasteiger partial charge in [0.25, 0.3) is 0 Å². The summed E-state index contributed by atoms with van der Waals surface area (Å²) in [6, 6.07) is 5.77. The average molecular weight is 231 g/mol. The largest absolute Gasteiger partial charge is 0.496 e. The number of nitrogens with one attached hydrogen (secondary N) is 1. The molecule has 4 heteroatoms. The van der Waals surface area contributed by atoms with Crippen molar-refractivity contribution in [1.82, 2.24) is 5.43 Å². The van der Waals surface area contributed by atoms with Crippen molar-refractivity contribution in [3.8, 4) is 5.75 Å². The van der Waals surface area contributed by atoms with Gasteiger partial charge >= 0.3 is 0 Å². The second kappa shape index (κ2) is 4.45. The highest BCUT2D eigenvalue weighted by molar-refractivity contribution is 9.10. The van der Waals surface area contributed by atoms with Crippen molar-refractivity contribution in [2.24, 2.45) is 5.84 Å². The quantitative estimate of drug-likeness (QED) is 0.610. The summed E-state index contributed by atoms with van der Waals surface area (Å²) in [7, 11) is 1.64. The van der Waals surface area contributed by atoms with Gasteiger partial charge in [-0.25, -0.2) is 0 Å². The summed E-state index contributed by atoms with van der Waals surface area (Å²) in [5.41, 5.74) is 3.62. The second-order valence-corrected chi connectivity index (χ2v) is 3.16. The van der Waals surface area contributed by atoms with Crippen LogP contribution >= 0.6 is 15.9 Å². The molecule has 0 aliphatic heterocycles. The summed E-state index contributed by atoms with van der Waals surface area (Å²) in [6.45, 7) is 0.588. The normalized spacial score (nSPS) is 9.92. The lowest BCUT2D eigenvalue weighted by atomic mass is 10.2. The van der Waals surface area contributed by atoms with Crippen LogP contribution in [0.25, 0.3) is 0 Å². The standard InChI is InChI=1S/C8H11BrN2O/c1-12-8-4-2-3-7(9)6(8)5-11-10/h2-4,11H,5,10H2,1H3. The average Bonchev–Trinajstić information content (AvgIpc) is 2.09. The van der Waals surface area contributed by atoms with Crippen LogP contribution in [0.1, 0.15) is 5.56 Å². The van der Waals surface area contributed by atoms with E-state index in [1.807, 2.05) is 18.2 Å². The number of hydrogen-bond donors (Lipinski definition) is 2. The summed E-state index contributed by atoms with van der Waals surface area (Å²) in [4.78, 5) is 0. The molecule has 0 fully saturated rings. The fourth-order valence-electron chi connectivity index (χ4n) is 1.00. The first kappa shape index (κ1) is 9.51. The Labute approximate surface area is 80.0 Å². The van der Waals surface area contributed by atoms with Gasteiger partial charge in [-0.15, -0.1) is 0 Å². The first-order valence-electron chi connectivity index (χ1n) is 3.54. The van der Waals surface area contributed by atoms with E-state index in [9.17, 15) is 0 Å². The van der Waals surface area contributed by atoms with Crippen LogP contribution in [0, 0.1) is 0 Å². The molecule has 3 nitrogen and oxygen atoms in total. The number of methoxy groups -OCH3 is 1. The van der Waals surface area contributed by atoms with Gasteiger partial charge in [-0.1, -0.05) is 22.0 Å². The molecule has 12 heavy (non-hydrogen) atoms. The summed E-state index contributed by atoms with van der Waals surface area (Å²) < 4.78 is 6.15. The third-order valence-corrected chi connectivity index (χ3v) is 2.32. The number of halogens is 1. The number of nitrogens with two attached hydrogens (primary N) is 1. The van der Waals surface area contributed by atoms with E-state index in [2.05, 4.69) is 21.4 Å². The van der Waals surface area contributed by atoms with Crippen molar-refractivity contribution in [2.45, 2.75) is 6.54 Å². The minimum absolute atomic E-state index is 0.588. The SMILES string of the molecule is COc1cccc(Br)c1CNN. The molecule has 3 N–H and O–H groups in total. The minimum Gasteiger partial charge on any atom is -0.496 e. The molecular weight excluding hydrogens is 220 g/mol. The van der Waals surface area contributed by atoms with E-state index in [1.54, 1.807) is 7.11 Å². The van der Waals surface area contributed by atoms with E-state index < -0.39 is 0 Å². The summed E-state index contributed by atoms with van der Waals surface area (Å²) >= 11 is 3.41. The van der Waals surface area contributed by atoms with Crippen molar-refractivity contribution in [2.75, 3.05) is 7.11 Å². The van der Waals surface area contributed by atoms with E-state index in [0.717, 1.165) is 15.8 Å². The van der Waals surface area contributed by atoms with Gasteiger partial charge in [-0.05, 0) is 12.1 Å². The van der Waals surface area contributed by atoms with E-state index in [0.29, 0.717) is 6.54 Å². The molecule has 0 spiro atoms. The first-order valence-corrected chi connectivity index (χ1v) is 4.33. The van der Waals surface area contributed by atoms with Crippen LogP contribution in [0.15, 0.2) is 22.7 Å². The van der Waals surface area contributed by atoms with Crippen molar-refractivity contribution in [3.63, 3.8) is 0 Å². The van der Waals surface area contributed by atoms with Crippen molar-refractivity contribution in [1.29, 1.82) is 0 Å². The van der Waals surface area contributed by atoms with Crippen molar-refractivity contribution >= 4 is 15.9 Å². The van der Waals surface area contributed by atoms with E-state index in [4.69, 9.17) is 10.6 Å². The van der Waals surface area contributed by atoms with Gasteiger partial charge in [0.05, 0.1) is 7.11 Å². The number of benzene rings is 1. The predicted molar refractivity (Wildman–Crippen MR) is 51.7 cm³/mol. The highest BCUT2D eigenvalue weighted by atomic mass is 79.9. The lowest BCUT2D eigenvalue weighted by Crippen LogP contribution is -2.21. The Morgan fingerprint density at radius 1 is 1.58 bits per heavy atom. The van der Waals surface area contributed by atoms with Crippen LogP contribution < -0.4 is 16.0 Å². The molecule has 66 valence electrons. The number of hydrazine groups is 1. The lowest BCUT2D eigenvalue weighted by molar-refractivity contribution is 0.407. The molecule has 0 bridgehead atoms. The molecule has 0 aliphatic carbocycles. The zero-order chi connectivity index (χ0) is 8.97. The summed E-state index contributed by atoms with van der Waals surface area (Å²) in [5, 5.41) is 0. The zero-order valence-corrected chi connectivity index (χ0v) is 8.39. The van der Waals surface area contributed by atoms with E-state index >= 15 is 0 Å². The molecule has 0 radical (unpaired) electrons. The maximum Gasteiger partial charge on any atom is 0.124 e. The molecule has 0 saturated heterocycles. The predicted octanol–water partition coefficient (Wildman–Crippen LogP) is 1.42. The van der Waals surface area contributed by atoms with E-state index in [1.165, 1.54) is 0 Å². The van der Waals surface area contributed by atoms with Gasteiger partial charge in [0.1, 0.15) is 5.75 Å². The Hall–Kier alpha value is -0.580. The van der Waals surface area contributed by atoms with Crippen LogP contribution in [0.2, 0.25) is 0 Å². The van der Waals surface area contributed by atoms with Crippen LogP contribution in [0.5, 0.6) is 5.75 Å². The van der Waals surface area contributed by atoms with Gasteiger partial charge in [0, 0.05) is 16.6 Å². The number of rotatable bonds is 3. The highest BCUT2D eigenvalue weighted by Crippen LogP contribution is 2.25. The molecule has 1 aromatic rings. The molecule has 0 amide bonds. The van der Waals surface area contributed by atoms with Crippen LogP contribution in [0.4, 0.5) is 0 Å². The zero-order valence-electron chi connectivity index (χ0n) is 6.80. The van der Waals surface area contributed by atoms with Crippen molar-refractivity contribution in [3.05, 3.63) is 28.2 Å². The molecule has 1 rings (SSSR count). The Kier molecular flexibility index (Phi) is 3.52. The topological polar surface area (TPSA) is 47.3 Å². The molecule has 0 unspecified atom stereocenters. The van der Waals surface area contributed by atoms with Crippen LogP contribution in [-0.4, -0.2) is 7.11 Å². The molecular formula is C8H11BrN2O. The molecule has 0 aromatic heterocycles. The van der Waals surface area contributed by atoms with Gasteiger partial charge in [0.15, 0.2) is 0 Å². The maximum absolute atomic E-state index is 5.23. The smallest absolute Gasteiger partial charge is 0.124 e. The van der Waals surface area contributed by atoms with Crippen molar-refractivity contribution < 1.29 is 4.74 Å². The first-order chi connectivity index (χ1) is 5.79. The maximum atomic E-state index is 5.23. The molecule has 0 aliphatic rings. The van der Waals surface area contributed by atoms with Crippen LogP contribution in [0.3, 0.4) is 0 Å². The Morgan fingerprint density at radius 3 is 2.92 bits per heavy atom. The molecule has 0 atom stereocenters. The van der Waals surface area contributed by atoms with E-state index in [-0.39, 0.29) is 0 Å². The van der Waals surface area contributed by atoms with Gasteiger partial charge in [-0.3, -0.25) is 11.3 Å². The summed E-state index contributed by atoms with van der Waals surface area (Å²) in [5.74, 6) is 6.06. The lowest BCUT2D eigenvalue weighted by Gasteiger charge is -2.09. The Bertz CT molecular complexity index is 265. The summed E-state index contributed by atoms with van der Waals surface area (Å²) in [6.07, 6.45) is 0. The third-order valence-electron chi connectivity index (χ3n) is 1.57. The number of ether oxygens (including phenoxy) is 1. The Morgan fingerprint density at radius 2 is 2.33 bits per heavy atom. The Balaban J connectivity index is 3.02. The highest BCUT2D eigenvalue weighted by Gasteiger charge is 2.04. The molecule has 0 heterocycles. The van der Waals surface area contributed by atoms with Gasteiger partial charge in [0.2, 0.25) is 0 Å². The fourth-order valence-corrected chi connectivity index (χ4v) is 1.49. The third kappa shape index (κ3) is 1.97. The molecule has 0 saturated carbocycles.